The van der Waals surface area contributed by atoms with Crippen LogP contribution in [0.4, 0.5) is 0 Å². The zero-order valence-corrected chi connectivity index (χ0v) is 22.4. The Bertz CT molecular complexity index is 923. The Morgan fingerprint density at radius 2 is 1.54 bits per heavy atom. The fourth-order valence-corrected chi connectivity index (χ4v) is 3.47. The lowest BCUT2D eigenvalue weighted by Crippen LogP contribution is -2.69. The van der Waals surface area contributed by atoms with Gasteiger partial charge in [0.2, 0.25) is 17.7 Å². The molecule has 1 rings (SSSR count). The van der Waals surface area contributed by atoms with Crippen LogP contribution in [0.25, 0.3) is 0 Å². The largest absolute Gasteiger partial charge is 0.461 e. The molecule has 11 heteroatoms. The second kappa shape index (κ2) is 15.6. The summed E-state index contributed by atoms with van der Waals surface area (Å²) in [5.41, 5.74) is 9.87. The number of carbonyl (C=O) groups excluding carboxylic acids is 5. The van der Waals surface area contributed by atoms with Crippen molar-refractivity contribution in [2.24, 2.45) is 17.6 Å². The highest BCUT2D eigenvalue weighted by atomic mass is 16.5. The van der Waals surface area contributed by atoms with E-state index in [1.807, 2.05) is 39.0 Å². The lowest BCUT2D eigenvalue weighted by Gasteiger charge is -2.27. The molecule has 11 nitrogen and oxygen atoms in total. The molecule has 0 aliphatic heterocycles. The molecule has 0 aromatic heterocycles. The third kappa shape index (κ3) is 11.4. The number of carbonyl (C=O) groups is 5. The second-order valence-corrected chi connectivity index (χ2v) is 9.74. The first-order valence-electron chi connectivity index (χ1n) is 12.6. The maximum absolute atomic E-state index is 13.3. The van der Waals surface area contributed by atoms with Gasteiger partial charge >= 0.3 is 5.97 Å². The molecule has 0 unspecified atom stereocenters. The molecule has 0 spiro atoms. The number of esters is 1. The summed E-state index contributed by atoms with van der Waals surface area (Å²) in [7, 11) is 0. The summed E-state index contributed by atoms with van der Waals surface area (Å²) in [4.78, 5) is 62.8. The molecule has 5 atom stereocenters. The topological polar surface area (TPSA) is 184 Å². The quantitative estimate of drug-likeness (QED) is 0.199. The van der Waals surface area contributed by atoms with Crippen LogP contribution in [-0.4, -0.2) is 53.8 Å². The van der Waals surface area contributed by atoms with Crippen LogP contribution in [0.3, 0.4) is 0 Å². The molecular weight excluding hydrogens is 478 g/mol. The number of benzene rings is 1. The monoisotopic (exact) mass is 520 g/mol. The third-order valence-electron chi connectivity index (χ3n) is 5.95. The Kier molecular flexibility index (Phi) is 13.3. The zero-order chi connectivity index (χ0) is 28.1. The molecule has 4 amide bonds. The predicted molar refractivity (Wildman–Crippen MR) is 137 cm³/mol. The zero-order valence-electron chi connectivity index (χ0n) is 22.4. The van der Waals surface area contributed by atoms with Crippen LogP contribution >= 0.6 is 0 Å². The highest BCUT2D eigenvalue weighted by Gasteiger charge is 2.33. The molecule has 1 aromatic carbocycles. The van der Waals surface area contributed by atoms with Crippen molar-refractivity contribution in [3.63, 3.8) is 0 Å². The number of amides is 4. The Balaban J connectivity index is 3.04. The van der Waals surface area contributed by atoms with Crippen molar-refractivity contribution < 1.29 is 34.4 Å². The van der Waals surface area contributed by atoms with Crippen LogP contribution < -0.4 is 27.4 Å². The lowest BCUT2D eigenvalue weighted by atomic mass is 9.97. The molecule has 37 heavy (non-hydrogen) atoms. The van der Waals surface area contributed by atoms with Gasteiger partial charge in [0.25, 0.3) is 5.91 Å². The Morgan fingerprint density at radius 1 is 0.919 bits per heavy atom. The minimum absolute atomic E-state index is 0.0101. The third-order valence-corrected chi connectivity index (χ3v) is 5.95. The number of hydrogen-bond acceptors (Lipinski definition) is 6. The average Bonchev–Trinajstić information content (AvgIpc) is 2.84. The number of nitrogens with one attached hydrogen (secondary N) is 3. The Labute approximate surface area is 218 Å². The summed E-state index contributed by atoms with van der Waals surface area (Å²) in [5.74, 6) is -3.35. The van der Waals surface area contributed by atoms with E-state index in [2.05, 4.69) is 21.7 Å². The minimum Gasteiger partial charge on any atom is -0.461 e. The number of hydrogen-bond donors (Lipinski definition) is 5. The Morgan fingerprint density at radius 3 is 2.08 bits per heavy atom. The molecule has 0 saturated heterocycles. The normalized spacial score (nSPS) is 15.0. The number of primary amides is 1. The first-order valence-corrected chi connectivity index (χ1v) is 12.6. The molecule has 1 aromatic rings. The molecule has 0 fully saturated rings. The number of nitrogens with two attached hydrogens (primary N) is 1. The maximum atomic E-state index is 13.3. The number of rotatable bonds is 15. The minimum atomic E-state index is -1.29. The van der Waals surface area contributed by atoms with E-state index in [0.29, 0.717) is 12.8 Å². The van der Waals surface area contributed by atoms with Crippen LogP contribution in [0.15, 0.2) is 30.3 Å². The van der Waals surface area contributed by atoms with Gasteiger partial charge in [-0.05, 0) is 24.3 Å². The predicted octanol–water partition coefficient (Wildman–Crippen LogP) is -0.218. The van der Waals surface area contributed by atoms with E-state index >= 15 is 0 Å². The molecule has 8 N–H and O–H groups in total. The van der Waals surface area contributed by atoms with Crippen LogP contribution in [-0.2, 0) is 35.3 Å². The van der Waals surface area contributed by atoms with E-state index in [1.165, 1.54) is 6.92 Å². The second-order valence-electron chi connectivity index (χ2n) is 9.74. The highest BCUT2D eigenvalue weighted by Crippen LogP contribution is 2.11. The molecule has 0 radical (unpaired) electrons. The summed E-state index contributed by atoms with van der Waals surface area (Å²) in [5, 5.41) is 7.70. The highest BCUT2D eigenvalue weighted by molar-refractivity contribution is 5.96. The van der Waals surface area contributed by atoms with Crippen molar-refractivity contribution in [3.05, 3.63) is 35.9 Å². The van der Waals surface area contributed by atoms with Crippen LogP contribution in [0.2, 0.25) is 0 Å². The van der Waals surface area contributed by atoms with E-state index in [0.717, 1.165) is 5.56 Å². The van der Waals surface area contributed by atoms with Gasteiger partial charge in [0.05, 0.1) is 6.42 Å². The van der Waals surface area contributed by atoms with Gasteiger partial charge in [-0.1, -0.05) is 64.4 Å². The standard InChI is InChI=1S/C26H41N5O6/c1-6-16(4)22(26(36)29-17(5)23(28)33)31-25(35)20(30-24(34)19(27)12-15(2)3)13-21(32)37-14-18-10-8-7-9-11-18/h7-11,15-17,19-20,22H,6,12-14,27H2,1-5H3,(H2,28,33)(H,29,36)(H,30,34)(H,31,35)/p+1/t16-,17+,19-,20-,22-/m1/s1. The van der Waals surface area contributed by atoms with Crippen LogP contribution in [0, 0.1) is 11.8 Å². The molecule has 0 aliphatic carbocycles. The van der Waals surface area contributed by atoms with Crippen LogP contribution in [0.1, 0.15) is 59.4 Å². The molecule has 206 valence electrons. The molecule has 0 heterocycles. The van der Waals surface area contributed by atoms with E-state index in [4.69, 9.17) is 10.5 Å². The SMILES string of the molecule is CC[C@@H](C)[C@@H](NC(=O)[C@@H](CC(=O)OCc1ccccc1)NC(=O)[C@H]([NH3+])CC(C)C)C(=O)N[C@@H](C)C(N)=O. The van der Waals surface area contributed by atoms with Gasteiger partial charge in [-0.2, -0.15) is 0 Å². The van der Waals surface area contributed by atoms with Gasteiger partial charge < -0.3 is 32.2 Å². The van der Waals surface area contributed by atoms with Gasteiger partial charge in [0.15, 0.2) is 6.04 Å². The van der Waals surface area contributed by atoms with Gasteiger partial charge in [0, 0.05) is 6.42 Å². The summed E-state index contributed by atoms with van der Waals surface area (Å²) in [6.07, 6.45) is 0.585. The fraction of sp³-hybridized carbons (Fsp3) is 0.577. The van der Waals surface area contributed by atoms with Gasteiger partial charge in [-0.25, -0.2) is 0 Å². The van der Waals surface area contributed by atoms with Crippen molar-refractivity contribution in [1.29, 1.82) is 0 Å². The summed E-state index contributed by atoms with van der Waals surface area (Å²) in [6.45, 7) is 8.93. The van der Waals surface area contributed by atoms with Gasteiger partial charge in [-0.3, -0.25) is 24.0 Å². The van der Waals surface area contributed by atoms with Crippen molar-refractivity contribution in [2.45, 2.75) is 84.7 Å². The number of quaternary nitrogens is 1. The lowest BCUT2D eigenvalue weighted by molar-refractivity contribution is -0.406. The van der Waals surface area contributed by atoms with Crippen molar-refractivity contribution >= 4 is 29.6 Å². The summed E-state index contributed by atoms with van der Waals surface area (Å²) >= 11 is 0. The van der Waals surface area contributed by atoms with E-state index in [-0.39, 0.29) is 18.4 Å². The molecule has 0 saturated carbocycles. The Hall–Kier alpha value is -3.47. The smallest absolute Gasteiger partial charge is 0.308 e. The van der Waals surface area contributed by atoms with Crippen LogP contribution in [0.5, 0.6) is 0 Å². The first kappa shape index (κ1) is 31.6. The summed E-state index contributed by atoms with van der Waals surface area (Å²) < 4.78 is 5.30. The maximum Gasteiger partial charge on any atom is 0.308 e. The van der Waals surface area contributed by atoms with E-state index in [1.54, 1.807) is 19.1 Å². The molecule has 0 bridgehead atoms. The summed E-state index contributed by atoms with van der Waals surface area (Å²) in [6, 6.07) is 5.14. The van der Waals surface area contributed by atoms with Crippen molar-refractivity contribution in [2.75, 3.05) is 0 Å². The fourth-order valence-electron chi connectivity index (χ4n) is 3.47. The van der Waals surface area contributed by atoms with Crippen molar-refractivity contribution in [1.82, 2.24) is 16.0 Å². The van der Waals surface area contributed by atoms with Gasteiger partial charge in [0.1, 0.15) is 24.7 Å². The van der Waals surface area contributed by atoms with E-state index < -0.39 is 60.2 Å². The molecule has 0 aliphatic rings. The first-order chi connectivity index (χ1) is 17.3. The van der Waals surface area contributed by atoms with Crippen molar-refractivity contribution in [3.8, 4) is 0 Å². The van der Waals surface area contributed by atoms with Gasteiger partial charge in [-0.15, -0.1) is 0 Å². The number of ether oxygens (including phenoxy) is 1. The average molecular weight is 521 g/mol. The van der Waals surface area contributed by atoms with E-state index in [9.17, 15) is 24.0 Å². The molecular formula is C26H42N5O6+.